The quantitative estimate of drug-likeness (QED) is 0.0320. The third-order valence-corrected chi connectivity index (χ3v) is 16.0. The highest BCUT2D eigenvalue weighted by atomic mass is 16.5. The second-order valence-electron chi connectivity index (χ2n) is 23.9. The van der Waals surface area contributed by atoms with Crippen LogP contribution in [0.1, 0.15) is 367 Å². The first-order valence-corrected chi connectivity index (χ1v) is 35.1. The van der Waals surface area contributed by atoms with Crippen molar-refractivity contribution in [2.45, 2.75) is 379 Å². The van der Waals surface area contributed by atoms with Crippen molar-refractivity contribution in [3.8, 4) is 0 Å². The molecule has 0 aromatic carbocycles. The number of nitrogens with one attached hydrogen (secondary N) is 1. The summed E-state index contributed by atoms with van der Waals surface area (Å²) in [5.41, 5.74) is 0. The maximum absolute atomic E-state index is 12.5. The molecule has 3 N–H and O–H groups in total. The van der Waals surface area contributed by atoms with Crippen molar-refractivity contribution in [1.82, 2.24) is 5.32 Å². The first-order chi connectivity index (χ1) is 39.0. The highest BCUT2D eigenvalue weighted by Gasteiger charge is 2.18. The highest BCUT2D eigenvalue weighted by Crippen LogP contribution is 2.17. The average Bonchev–Trinajstić information content (AvgIpc) is 3.45. The summed E-state index contributed by atoms with van der Waals surface area (Å²) in [7, 11) is 0. The molecule has 0 aliphatic carbocycles. The van der Waals surface area contributed by atoms with Crippen molar-refractivity contribution in [1.29, 1.82) is 0 Å². The standard InChI is InChI=1S/C73H135NO5/c1-3-5-7-9-11-13-15-17-19-34-39-43-47-51-55-59-63-67-73(78)79-68-64-60-56-52-48-44-40-36-33-31-29-27-25-23-21-22-24-26-28-30-32-35-38-42-46-50-54-58-62-66-72(77)74-70(69-75)71(76)65-61-57-53-49-45-41-37-20-18-16-14-12-10-8-6-4-2/h11,13,17,19,21,23,27,29,61,65,70-71,75-76H,3-10,12,14-16,18,20,22,24-26,28,30-60,62-64,66-69H2,1-2H3,(H,74,77)/b13-11-,19-17-,23-21-,29-27-,65-61+. The third kappa shape index (κ3) is 64.6. The number of rotatable bonds is 65. The Hall–Kier alpha value is -2.44. The Bertz CT molecular complexity index is 1370. The lowest BCUT2D eigenvalue weighted by Gasteiger charge is -2.20. The van der Waals surface area contributed by atoms with E-state index in [2.05, 4.69) is 67.8 Å². The molecule has 0 radical (unpaired) electrons. The van der Waals surface area contributed by atoms with Gasteiger partial charge in [0.15, 0.2) is 0 Å². The number of ether oxygens (including phenoxy) is 1. The zero-order valence-electron chi connectivity index (χ0n) is 52.9. The van der Waals surface area contributed by atoms with E-state index >= 15 is 0 Å². The molecule has 79 heavy (non-hydrogen) atoms. The van der Waals surface area contributed by atoms with Crippen molar-refractivity contribution in [3.63, 3.8) is 0 Å². The number of aliphatic hydroxyl groups excluding tert-OH is 2. The van der Waals surface area contributed by atoms with E-state index in [-0.39, 0.29) is 18.5 Å². The van der Waals surface area contributed by atoms with Gasteiger partial charge in [0.1, 0.15) is 0 Å². The smallest absolute Gasteiger partial charge is 0.305 e. The van der Waals surface area contributed by atoms with E-state index in [1.165, 1.54) is 283 Å². The van der Waals surface area contributed by atoms with Crippen LogP contribution in [0.15, 0.2) is 60.8 Å². The van der Waals surface area contributed by atoms with Gasteiger partial charge in [-0.1, -0.05) is 319 Å². The first-order valence-electron chi connectivity index (χ1n) is 35.1. The van der Waals surface area contributed by atoms with E-state index in [0.717, 1.165) is 57.8 Å². The van der Waals surface area contributed by atoms with E-state index < -0.39 is 12.1 Å². The van der Waals surface area contributed by atoms with Gasteiger partial charge in [0.2, 0.25) is 5.91 Å². The van der Waals surface area contributed by atoms with Crippen LogP contribution in [0.3, 0.4) is 0 Å². The van der Waals surface area contributed by atoms with E-state index in [1.807, 2.05) is 6.08 Å². The Morgan fingerprint density at radius 2 is 0.633 bits per heavy atom. The first kappa shape index (κ1) is 76.6. The fourth-order valence-electron chi connectivity index (χ4n) is 10.6. The lowest BCUT2D eigenvalue weighted by molar-refractivity contribution is -0.143. The van der Waals surface area contributed by atoms with Crippen LogP contribution < -0.4 is 5.32 Å². The molecular formula is C73H135NO5. The van der Waals surface area contributed by atoms with Gasteiger partial charge in [0.25, 0.3) is 0 Å². The Kier molecular flexibility index (Phi) is 66.0. The summed E-state index contributed by atoms with van der Waals surface area (Å²) >= 11 is 0. The summed E-state index contributed by atoms with van der Waals surface area (Å²) in [6.07, 6.45) is 90.1. The molecule has 0 spiro atoms. The topological polar surface area (TPSA) is 95.9 Å². The molecule has 0 fully saturated rings. The SMILES string of the molecule is CCCCC/C=C\C/C=C\CCCCCCCCCC(=O)OCCCCCCCCCCC/C=C\C/C=C\CCCCCCCCCCCCCCCC(=O)NC(CO)C(O)/C=C/CCCCCCCCCCCCCCCC. The number of unbranched alkanes of at least 4 members (excludes halogenated alkanes) is 46. The fraction of sp³-hybridized carbons (Fsp3) is 0.836. The molecule has 0 aromatic rings. The van der Waals surface area contributed by atoms with Gasteiger partial charge >= 0.3 is 5.97 Å². The third-order valence-electron chi connectivity index (χ3n) is 16.0. The van der Waals surface area contributed by atoms with E-state index in [0.29, 0.717) is 19.4 Å². The van der Waals surface area contributed by atoms with E-state index in [1.54, 1.807) is 6.08 Å². The molecule has 0 saturated carbocycles. The lowest BCUT2D eigenvalue weighted by Crippen LogP contribution is -2.45. The van der Waals surface area contributed by atoms with Gasteiger partial charge in [-0.2, -0.15) is 0 Å². The predicted octanol–water partition coefficient (Wildman–Crippen LogP) is 22.6. The summed E-state index contributed by atoms with van der Waals surface area (Å²) in [5.74, 6) is -0.0638. The van der Waals surface area contributed by atoms with Crippen LogP contribution >= 0.6 is 0 Å². The van der Waals surface area contributed by atoms with Crippen molar-refractivity contribution in [3.05, 3.63) is 60.8 Å². The molecule has 0 rings (SSSR count). The van der Waals surface area contributed by atoms with Crippen LogP contribution in [0.5, 0.6) is 0 Å². The van der Waals surface area contributed by atoms with Crippen molar-refractivity contribution in [2.75, 3.05) is 13.2 Å². The zero-order valence-corrected chi connectivity index (χ0v) is 52.9. The molecule has 2 unspecified atom stereocenters. The van der Waals surface area contributed by atoms with E-state index in [9.17, 15) is 19.8 Å². The number of amides is 1. The van der Waals surface area contributed by atoms with Gasteiger partial charge in [-0.15, -0.1) is 0 Å². The van der Waals surface area contributed by atoms with Gasteiger partial charge < -0.3 is 20.3 Å². The van der Waals surface area contributed by atoms with Crippen molar-refractivity contribution < 1.29 is 24.5 Å². The van der Waals surface area contributed by atoms with Gasteiger partial charge in [-0.3, -0.25) is 9.59 Å². The molecule has 0 bridgehead atoms. The number of carbonyl (C=O) groups excluding carboxylic acids is 2. The highest BCUT2D eigenvalue weighted by molar-refractivity contribution is 5.76. The van der Waals surface area contributed by atoms with Crippen molar-refractivity contribution in [2.24, 2.45) is 0 Å². The lowest BCUT2D eigenvalue weighted by atomic mass is 10.0. The van der Waals surface area contributed by atoms with Crippen LogP contribution in [-0.4, -0.2) is 47.4 Å². The second kappa shape index (κ2) is 68.1. The summed E-state index contributed by atoms with van der Waals surface area (Å²) in [4.78, 5) is 24.6. The summed E-state index contributed by atoms with van der Waals surface area (Å²) in [6, 6.07) is -0.630. The molecule has 2 atom stereocenters. The fourth-order valence-corrected chi connectivity index (χ4v) is 10.6. The second-order valence-corrected chi connectivity index (χ2v) is 23.9. The Balaban J connectivity index is 3.42. The minimum absolute atomic E-state index is 0.00372. The van der Waals surface area contributed by atoms with Crippen LogP contribution in [0.2, 0.25) is 0 Å². The minimum atomic E-state index is -0.846. The van der Waals surface area contributed by atoms with Crippen molar-refractivity contribution >= 4 is 11.9 Å². The van der Waals surface area contributed by atoms with Crippen LogP contribution in [0.4, 0.5) is 0 Å². The number of allylic oxidation sites excluding steroid dienone is 9. The Morgan fingerprint density at radius 1 is 0.354 bits per heavy atom. The number of hydrogen-bond acceptors (Lipinski definition) is 5. The Labute approximate surface area is 492 Å². The average molecular weight is 1110 g/mol. The van der Waals surface area contributed by atoms with Crippen LogP contribution in [0.25, 0.3) is 0 Å². The van der Waals surface area contributed by atoms with Gasteiger partial charge in [-0.05, 0) is 96.3 Å². The van der Waals surface area contributed by atoms with Crippen LogP contribution in [0, 0.1) is 0 Å². The minimum Gasteiger partial charge on any atom is -0.466 e. The van der Waals surface area contributed by atoms with Gasteiger partial charge in [0, 0.05) is 12.8 Å². The largest absolute Gasteiger partial charge is 0.466 e. The number of hydrogen-bond donors (Lipinski definition) is 3. The molecule has 0 aromatic heterocycles. The zero-order chi connectivity index (χ0) is 57.1. The van der Waals surface area contributed by atoms with Crippen LogP contribution in [-0.2, 0) is 14.3 Å². The molecule has 462 valence electrons. The monoisotopic (exact) mass is 1110 g/mol. The number of aliphatic hydroxyl groups is 2. The summed E-state index contributed by atoms with van der Waals surface area (Å²) < 4.78 is 5.49. The summed E-state index contributed by atoms with van der Waals surface area (Å²) in [5, 5.41) is 23.2. The molecule has 6 heteroatoms. The summed E-state index contributed by atoms with van der Waals surface area (Å²) in [6.45, 7) is 4.89. The molecule has 0 saturated heterocycles. The molecule has 6 nitrogen and oxygen atoms in total. The molecule has 1 amide bonds. The van der Waals surface area contributed by atoms with Gasteiger partial charge in [-0.25, -0.2) is 0 Å². The molecule has 0 aliphatic rings. The number of carbonyl (C=O) groups is 2. The normalized spacial score (nSPS) is 12.9. The molecular weight excluding hydrogens is 971 g/mol. The maximum Gasteiger partial charge on any atom is 0.305 e. The van der Waals surface area contributed by atoms with Gasteiger partial charge in [0.05, 0.1) is 25.4 Å². The number of esters is 1. The molecule has 0 heterocycles. The Morgan fingerprint density at radius 3 is 0.987 bits per heavy atom. The predicted molar refractivity (Wildman–Crippen MR) is 347 cm³/mol. The van der Waals surface area contributed by atoms with E-state index in [4.69, 9.17) is 4.74 Å². The molecule has 0 aliphatic heterocycles. The maximum atomic E-state index is 12.5.